The van der Waals surface area contributed by atoms with Gasteiger partial charge in [0.05, 0.1) is 5.60 Å². The van der Waals surface area contributed by atoms with Gasteiger partial charge < -0.3 is 15.3 Å². The third-order valence-electron chi connectivity index (χ3n) is 4.53. The molecular formula is C19H24N2O. The normalized spacial score (nSPS) is 18.0. The monoisotopic (exact) mass is 296 g/mol. The van der Waals surface area contributed by atoms with Crippen LogP contribution in [0.3, 0.4) is 0 Å². The molecule has 0 aromatic heterocycles. The Morgan fingerprint density at radius 2 is 1.50 bits per heavy atom. The average Bonchev–Trinajstić information content (AvgIpc) is 2.59. The van der Waals surface area contributed by atoms with E-state index in [1.54, 1.807) is 0 Å². The molecule has 0 unspecified atom stereocenters. The molecule has 0 aliphatic carbocycles. The number of para-hydroxylation sites is 1. The maximum absolute atomic E-state index is 10.8. The van der Waals surface area contributed by atoms with Crippen LogP contribution in [0.15, 0.2) is 60.7 Å². The summed E-state index contributed by atoms with van der Waals surface area (Å²) in [5.41, 5.74) is 1.57. The van der Waals surface area contributed by atoms with Crippen LogP contribution in [0.1, 0.15) is 18.4 Å². The van der Waals surface area contributed by atoms with Gasteiger partial charge in [0, 0.05) is 31.9 Å². The molecule has 0 spiro atoms. The molecular weight excluding hydrogens is 272 g/mol. The Bertz CT molecular complexity index is 563. The van der Waals surface area contributed by atoms with E-state index in [4.69, 9.17) is 0 Å². The number of anilines is 1. The second-order valence-electron chi connectivity index (χ2n) is 6.03. The summed E-state index contributed by atoms with van der Waals surface area (Å²) < 4.78 is 0. The Hall–Kier alpha value is -1.84. The molecule has 1 heterocycles. The fraction of sp³-hybridized carbons (Fsp3) is 0.368. The summed E-state index contributed by atoms with van der Waals surface area (Å²) in [6.07, 6.45) is 1.62. The number of rotatable bonds is 5. The zero-order chi connectivity index (χ0) is 15.3. The van der Waals surface area contributed by atoms with Crippen molar-refractivity contribution in [1.29, 1.82) is 0 Å². The van der Waals surface area contributed by atoms with E-state index in [1.165, 1.54) is 5.69 Å². The maximum Gasteiger partial charge on any atom is 0.0920 e. The fourth-order valence-corrected chi connectivity index (χ4v) is 3.10. The van der Waals surface area contributed by atoms with Crippen molar-refractivity contribution in [2.45, 2.75) is 18.4 Å². The Balaban J connectivity index is 1.46. The summed E-state index contributed by atoms with van der Waals surface area (Å²) in [4.78, 5) is 2.42. The van der Waals surface area contributed by atoms with Crippen LogP contribution in [-0.4, -0.2) is 36.2 Å². The van der Waals surface area contributed by atoms with Gasteiger partial charge in [-0.1, -0.05) is 48.5 Å². The van der Waals surface area contributed by atoms with Crippen molar-refractivity contribution in [3.63, 3.8) is 0 Å². The van der Waals surface area contributed by atoms with Gasteiger partial charge in [-0.25, -0.2) is 0 Å². The van der Waals surface area contributed by atoms with Crippen LogP contribution in [0.25, 0.3) is 0 Å². The Kier molecular flexibility index (Phi) is 4.76. The van der Waals surface area contributed by atoms with Crippen molar-refractivity contribution in [2.24, 2.45) is 0 Å². The highest BCUT2D eigenvalue weighted by molar-refractivity contribution is 5.42. The van der Waals surface area contributed by atoms with Crippen LogP contribution in [-0.2, 0) is 5.60 Å². The van der Waals surface area contributed by atoms with Gasteiger partial charge in [0.25, 0.3) is 0 Å². The molecule has 0 radical (unpaired) electrons. The molecule has 0 bridgehead atoms. The molecule has 0 saturated carbocycles. The number of aliphatic hydroxyl groups is 1. The SMILES string of the molecule is OC1(c2ccccc2)CCN(CCNc2ccccc2)CC1. The lowest BCUT2D eigenvalue weighted by Gasteiger charge is -2.38. The Morgan fingerprint density at radius 1 is 0.909 bits per heavy atom. The van der Waals surface area contributed by atoms with Crippen molar-refractivity contribution in [1.82, 2.24) is 4.90 Å². The first-order valence-electron chi connectivity index (χ1n) is 8.05. The fourth-order valence-electron chi connectivity index (χ4n) is 3.10. The standard InChI is InChI=1S/C19H24N2O/c22-19(17-7-3-1-4-8-17)11-14-21(15-12-19)16-13-20-18-9-5-2-6-10-18/h1-10,20,22H,11-16H2. The van der Waals surface area contributed by atoms with E-state index >= 15 is 0 Å². The maximum atomic E-state index is 10.8. The van der Waals surface area contributed by atoms with Crippen molar-refractivity contribution in [3.05, 3.63) is 66.2 Å². The van der Waals surface area contributed by atoms with E-state index in [2.05, 4.69) is 22.3 Å². The lowest BCUT2D eigenvalue weighted by atomic mass is 9.84. The van der Waals surface area contributed by atoms with E-state index in [1.807, 2.05) is 48.5 Å². The van der Waals surface area contributed by atoms with Gasteiger partial charge in [-0.2, -0.15) is 0 Å². The average molecular weight is 296 g/mol. The lowest BCUT2D eigenvalue weighted by molar-refractivity contribution is -0.0249. The van der Waals surface area contributed by atoms with Gasteiger partial charge in [-0.15, -0.1) is 0 Å². The summed E-state index contributed by atoms with van der Waals surface area (Å²) in [5, 5.41) is 14.3. The van der Waals surface area contributed by atoms with Crippen LogP contribution in [0, 0.1) is 0 Å². The van der Waals surface area contributed by atoms with Crippen molar-refractivity contribution < 1.29 is 5.11 Å². The zero-order valence-electron chi connectivity index (χ0n) is 12.9. The lowest BCUT2D eigenvalue weighted by Crippen LogP contribution is -2.44. The molecule has 1 aliphatic heterocycles. The molecule has 2 aromatic carbocycles. The third-order valence-corrected chi connectivity index (χ3v) is 4.53. The first kappa shape index (κ1) is 15.1. The minimum absolute atomic E-state index is 0.648. The van der Waals surface area contributed by atoms with E-state index in [0.29, 0.717) is 0 Å². The highest BCUT2D eigenvalue weighted by atomic mass is 16.3. The highest BCUT2D eigenvalue weighted by Gasteiger charge is 2.33. The number of likely N-dealkylation sites (tertiary alicyclic amines) is 1. The highest BCUT2D eigenvalue weighted by Crippen LogP contribution is 2.32. The minimum Gasteiger partial charge on any atom is -0.385 e. The second kappa shape index (κ2) is 6.95. The summed E-state index contributed by atoms with van der Waals surface area (Å²) in [7, 11) is 0. The van der Waals surface area contributed by atoms with Crippen molar-refractivity contribution >= 4 is 5.69 Å². The molecule has 0 atom stereocenters. The third kappa shape index (κ3) is 3.67. The van der Waals surface area contributed by atoms with Crippen LogP contribution >= 0.6 is 0 Å². The van der Waals surface area contributed by atoms with Crippen molar-refractivity contribution in [2.75, 3.05) is 31.5 Å². The van der Waals surface area contributed by atoms with E-state index in [9.17, 15) is 5.11 Å². The molecule has 3 heteroatoms. The number of hydrogen-bond acceptors (Lipinski definition) is 3. The van der Waals surface area contributed by atoms with Crippen LogP contribution < -0.4 is 5.32 Å². The van der Waals surface area contributed by atoms with Gasteiger partial charge >= 0.3 is 0 Å². The van der Waals surface area contributed by atoms with Crippen LogP contribution in [0.4, 0.5) is 5.69 Å². The van der Waals surface area contributed by atoms with Crippen LogP contribution in [0.5, 0.6) is 0 Å². The molecule has 22 heavy (non-hydrogen) atoms. The number of nitrogens with zero attached hydrogens (tertiary/aromatic N) is 1. The summed E-state index contributed by atoms with van der Waals surface area (Å²) in [6.45, 7) is 3.84. The molecule has 116 valence electrons. The Labute approximate surface area is 132 Å². The molecule has 0 amide bonds. The smallest absolute Gasteiger partial charge is 0.0920 e. The first-order chi connectivity index (χ1) is 10.8. The number of benzene rings is 2. The molecule has 3 nitrogen and oxygen atoms in total. The molecule has 1 aliphatic rings. The molecule has 2 N–H and O–H groups in total. The number of nitrogens with one attached hydrogen (secondary N) is 1. The zero-order valence-corrected chi connectivity index (χ0v) is 12.9. The van der Waals surface area contributed by atoms with Gasteiger partial charge in [-0.3, -0.25) is 0 Å². The van der Waals surface area contributed by atoms with Gasteiger partial charge in [0.15, 0.2) is 0 Å². The van der Waals surface area contributed by atoms with Crippen molar-refractivity contribution in [3.8, 4) is 0 Å². The summed E-state index contributed by atoms with van der Waals surface area (Å²) in [6, 6.07) is 20.4. The molecule has 2 aromatic rings. The number of piperidine rings is 1. The number of hydrogen-bond donors (Lipinski definition) is 2. The Morgan fingerprint density at radius 3 is 2.14 bits per heavy atom. The predicted octanol–water partition coefficient (Wildman–Crippen LogP) is 3.08. The summed E-state index contributed by atoms with van der Waals surface area (Å²) in [5.74, 6) is 0. The largest absolute Gasteiger partial charge is 0.385 e. The van der Waals surface area contributed by atoms with Gasteiger partial charge in [0.1, 0.15) is 0 Å². The molecule has 1 fully saturated rings. The van der Waals surface area contributed by atoms with E-state index in [0.717, 1.165) is 44.6 Å². The summed E-state index contributed by atoms with van der Waals surface area (Å²) >= 11 is 0. The topological polar surface area (TPSA) is 35.5 Å². The van der Waals surface area contributed by atoms with Gasteiger partial charge in [0.2, 0.25) is 0 Å². The first-order valence-corrected chi connectivity index (χ1v) is 8.05. The predicted molar refractivity (Wildman–Crippen MR) is 90.9 cm³/mol. The quantitative estimate of drug-likeness (QED) is 0.890. The molecule has 3 rings (SSSR count). The van der Waals surface area contributed by atoms with E-state index in [-0.39, 0.29) is 0 Å². The van der Waals surface area contributed by atoms with E-state index < -0.39 is 5.60 Å². The van der Waals surface area contributed by atoms with Gasteiger partial charge in [-0.05, 0) is 30.5 Å². The molecule has 1 saturated heterocycles. The minimum atomic E-state index is -0.648. The van der Waals surface area contributed by atoms with Crippen LogP contribution in [0.2, 0.25) is 0 Å². The second-order valence-corrected chi connectivity index (χ2v) is 6.03.